The second kappa shape index (κ2) is 10.4. The summed E-state index contributed by atoms with van der Waals surface area (Å²) < 4.78 is 6.25. The molecule has 0 saturated carbocycles. The highest BCUT2D eigenvalue weighted by atomic mass is 79.9. The van der Waals surface area contributed by atoms with Gasteiger partial charge in [0.25, 0.3) is 11.8 Å². The first-order valence-electron chi connectivity index (χ1n) is 8.34. The minimum absolute atomic E-state index is 0.0548. The van der Waals surface area contributed by atoms with Gasteiger partial charge in [-0.25, -0.2) is 0 Å². The fraction of sp³-hybridized carbons (Fsp3) is 0.211. The van der Waals surface area contributed by atoms with Crippen molar-refractivity contribution in [2.75, 3.05) is 6.61 Å². The maximum atomic E-state index is 12.0. The lowest BCUT2D eigenvalue weighted by molar-refractivity contribution is -0.123. The predicted octanol–water partition coefficient (Wildman–Crippen LogP) is 3.94. The van der Waals surface area contributed by atoms with Crippen LogP contribution in [-0.4, -0.2) is 23.5 Å². The van der Waals surface area contributed by atoms with E-state index in [4.69, 9.17) is 28.6 Å². The largest absolute Gasteiger partial charge is 0.483 e. The smallest absolute Gasteiger partial charge is 0.276 e. The van der Waals surface area contributed by atoms with E-state index in [1.165, 1.54) is 6.07 Å². The van der Waals surface area contributed by atoms with E-state index in [1.54, 1.807) is 24.3 Å². The van der Waals surface area contributed by atoms with Crippen molar-refractivity contribution in [3.8, 4) is 5.75 Å². The summed E-state index contributed by atoms with van der Waals surface area (Å²) in [6, 6.07) is 12.1. The molecule has 28 heavy (non-hydrogen) atoms. The molecule has 0 aliphatic carbocycles. The van der Waals surface area contributed by atoms with E-state index in [9.17, 15) is 9.59 Å². The molecule has 0 aromatic heterocycles. The van der Waals surface area contributed by atoms with E-state index in [-0.39, 0.29) is 11.7 Å². The highest BCUT2D eigenvalue weighted by Gasteiger charge is 2.10. The van der Waals surface area contributed by atoms with Crippen LogP contribution in [0.1, 0.15) is 35.7 Å². The number of hydrazine groups is 1. The summed E-state index contributed by atoms with van der Waals surface area (Å²) in [5, 5.41) is 2.82. The first-order valence-corrected chi connectivity index (χ1v) is 9.92. The molecule has 0 bridgehead atoms. The van der Waals surface area contributed by atoms with Gasteiger partial charge in [0.15, 0.2) is 11.7 Å². The van der Waals surface area contributed by atoms with Crippen LogP contribution >= 0.6 is 39.7 Å². The summed E-state index contributed by atoms with van der Waals surface area (Å²) in [7, 11) is 0. The number of benzene rings is 2. The Bertz CT molecular complexity index is 892. The second-order valence-electron chi connectivity index (χ2n) is 6.10. The molecule has 2 rings (SSSR count). The zero-order chi connectivity index (χ0) is 20.7. The van der Waals surface area contributed by atoms with Gasteiger partial charge in [-0.1, -0.05) is 37.6 Å². The van der Waals surface area contributed by atoms with Gasteiger partial charge in [0.05, 0.1) is 4.47 Å². The van der Waals surface area contributed by atoms with Crippen LogP contribution in [0.25, 0.3) is 0 Å². The molecular formula is C19H19BrClN3O3S. The molecule has 148 valence electrons. The maximum absolute atomic E-state index is 12.0. The molecule has 0 aliphatic rings. The quantitative estimate of drug-likeness (QED) is 0.442. The summed E-state index contributed by atoms with van der Waals surface area (Å²) in [4.78, 5) is 23.9. The molecule has 0 atom stereocenters. The Labute approximate surface area is 182 Å². The Morgan fingerprint density at radius 3 is 2.57 bits per heavy atom. The number of carbonyl (C=O) groups excluding carboxylic acids is 2. The average Bonchev–Trinajstić information content (AvgIpc) is 2.65. The molecule has 0 spiro atoms. The number of amides is 2. The molecule has 0 radical (unpaired) electrons. The van der Waals surface area contributed by atoms with E-state index in [0.717, 1.165) is 10.0 Å². The summed E-state index contributed by atoms with van der Waals surface area (Å²) in [5.74, 6) is 0.0382. The Morgan fingerprint density at radius 1 is 1.18 bits per heavy atom. The summed E-state index contributed by atoms with van der Waals surface area (Å²) in [6.45, 7) is 3.96. The van der Waals surface area contributed by atoms with Crippen LogP contribution in [0.3, 0.4) is 0 Å². The van der Waals surface area contributed by atoms with E-state index in [2.05, 4.69) is 45.9 Å². The third-order valence-electron chi connectivity index (χ3n) is 3.61. The molecule has 0 saturated heterocycles. The third kappa shape index (κ3) is 6.78. The highest BCUT2D eigenvalue weighted by Crippen LogP contribution is 2.28. The first kappa shape index (κ1) is 22.1. The van der Waals surface area contributed by atoms with Gasteiger partial charge >= 0.3 is 0 Å². The van der Waals surface area contributed by atoms with E-state index < -0.39 is 11.8 Å². The number of hydrogen-bond acceptors (Lipinski definition) is 4. The third-order valence-corrected chi connectivity index (χ3v) is 4.67. The monoisotopic (exact) mass is 483 g/mol. The summed E-state index contributed by atoms with van der Waals surface area (Å²) >= 11 is 14.3. The molecule has 9 heteroatoms. The molecule has 0 fully saturated rings. The Kier molecular flexibility index (Phi) is 8.22. The van der Waals surface area contributed by atoms with Crippen LogP contribution in [0.2, 0.25) is 5.02 Å². The van der Waals surface area contributed by atoms with Crippen molar-refractivity contribution >= 4 is 56.7 Å². The Balaban J connectivity index is 1.77. The van der Waals surface area contributed by atoms with Crippen molar-refractivity contribution in [2.45, 2.75) is 19.8 Å². The molecule has 0 heterocycles. The van der Waals surface area contributed by atoms with Gasteiger partial charge in [0, 0.05) is 10.6 Å². The number of nitrogens with one attached hydrogen (secondary N) is 3. The zero-order valence-electron chi connectivity index (χ0n) is 15.2. The summed E-state index contributed by atoms with van der Waals surface area (Å²) in [6.07, 6.45) is 0. The number of ether oxygens (including phenoxy) is 1. The maximum Gasteiger partial charge on any atom is 0.276 e. The lowest BCUT2D eigenvalue weighted by Crippen LogP contribution is -2.49. The SMILES string of the molecule is CC(C)c1ccc(OCC(=O)NNC(=S)NC(=O)c2cccc(Cl)c2)c(Br)c1. The molecule has 2 aromatic rings. The fourth-order valence-corrected chi connectivity index (χ4v) is 2.98. The second-order valence-corrected chi connectivity index (χ2v) is 7.80. The summed E-state index contributed by atoms with van der Waals surface area (Å²) in [5.41, 5.74) is 6.31. The van der Waals surface area contributed by atoms with Crippen molar-refractivity contribution in [3.63, 3.8) is 0 Å². The first-order chi connectivity index (χ1) is 13.3. The molecule has 3 N–H and O–H groups in total. The van der Waals surface area contributed by atoms with Gasteiger partial charge in [0.2, 0.25) is 0 Å². The molecule has 6 nitrogen and oxygen atoms in total. The van der Waals surface area contributed by atoms with E-state index in [0.29, 0.717) is 22.3 Å². The molecule has 2 aromatic carbocycles. The van der Waals surface area contributed by atoms with Crippen molar-refractivity contribution in [2.24, 2.45) is 0 Å². The predicted molar refractivity (Wildman–Crippen MR) is 117 cm³/mol. The van der Waals surface area contributed by atoms with Crippen molar-refractivity contribution in [1.29, 1.82) is 0 Å². The van der Waals surface area contributed by atoms with Crippen LogP contribution in [0, 0.1) is 0 Å². The van der Waals surface area contributed by atoms with Crippen molar-refractivity contribution in [1.82, 2.24) is 16.2 Å². The lowest BCUT2D eigenvalue weighted by atomic mass is 10.0. The number of thiocarbonyl (C=S) groups is 1. The normalized spacial score (nSPS) is 10.3. The van der Waals surface area contributed by atoms with Crippen LogP contribution < -0.4 is 20.9 Å². The zero-order valence-corrected chi connectivity index (χ0v) is 18.4. The standard InChI is InChI=1S/C19H19BrClN3O3S/c1-11(2)12-6-7-16(15(20)9-12)27-10-17(25)23-24-19(28)22-18(26)13-4-3-5-14(21)8-13/h3-9,11H,10H2,1-2H3,(H,23,25)(H2,22,24,26,28). The van der Waals surface area contributed by atoms with Gasteiger partial charge in [-0.2, -0.15) is 0 Å². The van der Waals surface area contributed by atoms with Crippen LogP contribution in [0.15, 0.2) is 46.9 Å². The minimum Gasteiger partial charge on any atom is -0.483 e. The van der Waals surface area contributed by atoms with Gasteiger partial charge in [-0.05, 0) is 70.0 Å². The highest BCUT2D eigenvalue weighted by molar-refractivity contribution is 9.10. The van der Waals surface area contributed by atoms with Crippen molar-refractivity contribution < 1.29 is 14.3 Å². The Hall–Kier alpha value is -2.16. The number of halogens is 2. The lowest BCUT2D eigenvalue weighted by Gasteiger charge is -2.13. The van der Waals surface area contributed by atoms with Gasteiger partial charge in [-0.15, -0.1) is 0 Å². The molecule has 0 unspecified atom stereocenters. The van der Waals surface area contributed by atoms with Gasteiger partial charge in [-0.3, -0.25) is 25.8 Å². The molecular weight excluding hydrogens is 466 g/mol. The van der Waals surface area contributed by atoms with Gasteiger partial charge < -0.3 is 4.74 Å². The minimum atomic E-state index is -0.459. The Morgan fingerprint density at radius 2 is 1.93 bits per heavy atom. The fourth-order valence-electron chi connectivity index (χ4n) is 2.14. The number of carbonyl (C=O) groups is 2. The average molecular weight is 485 g/mol. The van der Waals surface area contributed by atoms with E-state index >= 15 is 0 Å². The molecule has 0 aliphatic heterocycles. The topological polar surface area (TPSA) is 79.5 Å². The van der Waals surface area contributed by atoms with E-state index in [1.807, 2.05) is 12.1 Å². The van der Waals surface area contributed by atoms with Crippen LogP contribution in [0.5, 0.6) is 5.75 Å². The molecule has 2 amide bonds. The van der Waals surface area contributed by atoms with Gasteiger partial charge in [0.1, 0.15) is 5.75 Å². The van der Waals surface area contributed by atoms with Crippen LogP contribution in [0.4, 0.5) is 0 Å². The van der Waals surface area contributed by atoms with Crippen LogP contribution in [-0.2, 0) is 4.79 Å². The van der Waals surface area contributed by atoms with Crippen molar-refractivity contribution in [3.05, 3.63) is 63.1 Å². The number of hydrogen-bond donors (Lipinski definition) is 3. The number of rotatable bonds is 5.